The molecule has 2 rings (SSSR count). The third-order valence-corrected chi connectivity index (χ3v) is 4.57. The number of benzene rings is 2. The molecule has 0 unspecified atom stereocenters. The van der Waals surface area contributed by atoms with Crippen LogP contribution >= 0.6 is 24.0 Å². The molecule has 32 heavy (non-hydrogen) atoms. The van der Waals surface area contributed by atoms with Crippen molar-refractivity contribution in [1.82, 2.24) is 15.5 Å². The molecule has 0 aliphatic carbocycles. The number of guanidine groups is 1. The molecule has 0 fully saturated rings. The maximum Gasteiger partial charge on any atom is 0.259 e. The van der Waals surface area contributed by atoms with Gasteiger partial charge in [-0.3, -0.25) is 9.79 Å². The van der Waals surface area contributed by atoms with Gasteiger partial charge in [0, 0.05) is 39.8 Å². The fraction of sp³-hybridized carbons (Fsp3) is 0.417. The zero-order valence-electron chi connectivity index (χ0n) is 19.6. The van der Waals surface area contributed by atoms with E-state index in [0.29, 0.717) is 31.4 Å². The second-order valence-corrected chi connectivity index (χ2v) is 7.46. The molecule has 0 aromatic heterocycles. The number of ether oxygens (including phenoxy) is 2. The van der Waals surface area contributed by atoms with Crippen molar-refractivity contribution in [2.24, 2.45) is 4.99 Å². The molecule has 2 aromatic carbocycles. The lowest BCUT2D eigenvalue weighted by molar-refractivity contribution is -0.130. The third kappa shape index (κ3) is 9.33. The number of aryl methyl sites for hydroxylation is 1. The van der Waals surface area contributed by atoms with Crippen LogP contribution in [0.15, 0.2) is 47.5 Å². The predicted molar refractivity (Wildman–Crippen MR) is 140 cm³/mol. The first-order chi connectivity index (χ1) is 14.9. The van der Waals surface area contributed by atoms with Crippen LogP contribution in [0.2, 0.25) is 0 Å². The molecule has 176 valence electrons. The molecule has 1 amide bonds. The van der Waals surface area contributed by atoms with E-state index in [-0.39, 0.29) is 36.5 Å². The first kappa shape index (κ1) is 27.5. The summed E-state index contributed by atoms with van der Waals surface area (Å²) in [5, 5.41) is 6.64. The van der Waals surface area contributed by atoms with Crippen LogP contribution in [-0.2, 0) is 17.9 Å². The summed E-state index contributed by atoms with van der Waals surface area (Å²) in [6, 6.07) is 13.9. The van der Waals surface area contributed by atoms with E-state index in [0.717, 1.165) is 23.3 Å². The highest BCUT2D eigenvalue weighted by molar-refractivity contribution is 14.0. The van der Waals surface area contributed by atoms with Crippen molar-refractivity contribution in [1.29, 1.82) is 0 Å². The summed E-state index contributed by atoms with van der Waals surface area (Å²) in [4.78, 5) is 17.5. The van der Waals surface area contributed by atoms with E-state index in [9.17, 15) is 4.79 Å². The Labute approximate surface area is 208 Å². The van der Waals surface area contributed by atoms with Crippen LogP contribution in [0.25, 0.3) is 0 Å². The van der Waals surface area contributed by atoms with Crippen molar-refractivity contribution in [3.8, 4) is 11.5 Å². The number of carbonyl (C=O) groups is 1. The number of hydrogen-bond acceptors (Lipinski definition) is 4. The van der Waals surface area contributed by atoms with E-state index in [4.69, 9.17) is 9.47 Å². The molecule has 7 nitrogen and oxygen atoms in total. The van der Waals surface area contributed by atoms with Crippen LogP contribution in [0.5, 0.6) is 11.5 Å². The Bertz CT molecular complexity index is 887. The van der Waals surface area contributed by atoms with Crippen LogP contribution in [0.1, 0.15) is 30.0 Å². The van der Waals surface area contributed by atoms with Crippen LogP contribution in [0.3, 0.4) is 0 Å². The van der Waals surface area contributed by atoms with Crippen molar-refractivity contribution >= 4 is 35.8 Å². The fourth-order valence-corrected chi connectivity index (χ4v) is 2.76. The first-order valence-electron chi connectivity index (χ1n) is 10.5. The predicted octanol–water partition coefficient (Wildman–Crippen LogP) is 3.73. The molecular formula is C24H35IN4O3. The zero-order valence-corrected chi connectivity index (χ0v) is 21.9. The van der Waals surface area contributed by atoms with Gasteiger partial charge in [-0.2, -0.15) is 0 Å². The van der Waals surface area contributed by atoms with Gasteiger partial charge in [-0.1, -0.05) is 31.2 Å². The molecule has 0 radical (unpaired) electrons. The number of amides is 1. The quantitative estimate of drug-likeness (QED) is 0.266. The number of halogens is 1. The molecule has 0 bridgehead atoms. The third-order valence-electron chi connectivity index (χ3n) is 4.57. The minimum absolute atomic E-state index is 0. The number of carbonyl (C=O) groups excluding carboxylic acids is 1. The van der Waals surface area contributed by atoms with Crippen LogP contribution in [0.4, 0.5) is 0 Å². The number of nitrogens with zero attached hydrogens (tertiary/aromatic N) is 2. The van der Waals surface area contributed by atoms with Gasteiger partial charge in [-0.15, -0.1) is 24.0 Å². The highest BCUT2D eigenvalue weighted by Gasteiger charge is 2.07. The van der Waals surface area contributed by atoms with Crippen molar-refractivity contribution in [3.63, 3.8) is 0 Å². The van der Waals surface area contributed by atoms with Gasteiger partial charge < -0.3 is 25.0 Å². The molecule has 0 atom stereocenters. The van der Waals surface area contributed by atoms with Gasteiger partial charge in [-0.05, 0) is 42.7 Å². The number of hydrogen-bond donors (Lipinski definition) is 2. The average Bonchev–Trinajstić information content (AvgIpc) is 2.77. The van der Waals surface area contributed by atoms with Crippen molar-refractivity contribution in [3.05, 3.63) is 59.2 Å². The van der Waals surface area contributed by atoms with Gasteiger partial charge in [-0.25, -0.2) is 0 Å². The number of likely N-dealkylation sites (N-methyl/N-ethyl adjacent to an activating group) is 1. The second-order valence-electron chi connectivity index (χ2n) is 7.46. The summed E-state index contributed by atoms with van der Waals surface area (Å²) < 4.78 is 11.5. The number of nitrogens with one attached hydrogen (secondary N) is 2. The normalized spacial score (nSPS) is 10.7. The SMILES string of the molecule is CCCOc1cc(C)ccc1CNC(=NC)NCc1cccc(OCC(=O)N(C)C)c1.I. The maximum atomic E-state index is 11.7. The monoisotopic (exact) mass is 554 g/mol. The van der Waals surface area contributed by atoms with Crippen LogP contribution in [0, 0.1) is 6.92 Å². The molecule has 0 saturated carbocycles. The van der Waals surface area contributed by atoms with Crippen LogP contribution < -0.4 is 20.1 Å². The molecular weight excluding hydrogens is 519 g/mol. The fourth-order valence-electron chi connectivity index (χ4n) is 2.76. The molecule has 0 aliphatic rings. The van der Waals surface area contributed by atoms with Crippen molar-refractivity contribution in [2.45, 2.75) is 33.4 Å². The number of rotatable bonds is 10. The maximum absolute atomic E-state index is 11.7. The van der Waals surface area contributed by atoms with Crippen LogP contribution in [-0.4, -0.2) is 51.1 Å². The molecule has 0 aliphatic heterocycles. The minimum atomic E-state index is -0.0773. The topological polar surface area (TPSA) is 75.2 Å². The summed E-state index contributed by atoms with van der Waals surface area (Å²) in [6.07, 6.45) is 0.968. The molecule has 0 spiro atoms. The smallest absolute Gasteiger partial charge is 0.259 e. The highest BCUT2D eigenvalue weighted by Crippen LogP contribution is 2.20. The van der Waals surface area contributed by atoms with E-state index in [1.165, 1.54) is 10.5 Å². The first-order valence-corrected chi connectivity index (χ1v) is 10.5. The second kappa shape index (κ2) is 14.5. The van der Waals surface area contributed by atoms with Gasteiger partial charge in [0.25, 0.3) is 5.91 Å². The standard InChI is InChI=1S/C24H34N4O3.HI/c1-6-12-30-22-13-18(2)10-11-20(22)16-27-24(25-3)26-15-19-8-7-9-21(14-19)31-17-23(29)28(4)5;/h7-11,13-14H,6,12,15-17H2,1-5H3,(H2,25,26,27);1H. The molecule has 0 heterocycles. The van der Waals surface area contributed by atoms with Gasteiger partial charge in [0.05, 0.1) is 6.61 Å². The summed E-state index contributed by atoms with van der Waals surface area (Å²) in [5.74, 6) is 2.18. The van der Waals surface area contributed by atoms with E-state index < -0.39 is 0 Å². The molecule has 2 aromatic rings. The van der Waals surface area contributed by atoms with E-state index in [1.807, 2.05) is 24.3 Å². The Morgan fingerprint density at radius 3 is 2.50 bits per heavy atom. The Morgan fingerprint density at radius 2 is 1.81 bits per heavy atom. The number of aliphatic imine (C=N–C) groups is 1. The lowest BCUT2D eigenvalue weighted by Crippen LogP contribution is -2.36. The Morgan fingerprint density at radius 1 is 1.06 bits per heavy atom. The van der Waals surface area contributed by atoms with Gasteiger partial charge in [0.15, 0.2) is 12.6 Å². The van der Waals surface area contributed by atoms with E-state index in [1.54, 1.807) is 21.1 Å². The summed E-state index contributed by atoms with van der Waals surface area (Å²) in [5.41, 5.74) is 3.29. The zero-order chi connectivity index (χ0) is 22.6. The largest absolute Gasteiger partial charge is 0.493 e. The lowest BCUT2D eigenvalue weighted by atomic mass is 10.1. The Kier molecular flexibility index (Phi) is 12.5. The van der Waals surface area contributed by atoms with Gasteiger partial charge in [0.2, 0.25) is 0 Å². The van der Waals surface area contributed by atoms with Crippen molar-refractivity contribution < 1.29 is 14.3 Å². The summed E-state index contributed by atoms with van der Waals surface area (Å²) in [6.45, 7) is 6.05. The Hall–Kier alpha value is -2.49. The lowest BCUT2D eigenvalue weighted by Gasteiger charge is -2.16. The van der Waals surface area contributed by atoms with Crippen molar-refractivity contribution in [2.75, 3.05) is 34.4 Å². The summed E-state index contributed by atoms with van der Waals surface area (Å²) in [7, 11) is 5.16. The highest BCUT2D eigenvalue weighted by atomic mass is 127. The van der Waals surface area contributed by atoms with Gasteiger partial charge in [0.1, 0.15) is 11.5 Å². The Balaban J connectivity index is 0.00000512. The summed E-state index contributed by atoms with van der Waals surface area (Å²) >= 11 is 0. The molecule has 8 heteroatoms. The van der Waals surface area contributed by atoms with E-state index >= 15 is 0 Å². The van der Waals surface area contributed by atoms with E-state index in [2.05, 4.69) is 47.7 Å². The minimum Gasteiger partial charge on any atom is -0.493 e. The van der Waals surface area contributed by atoms with Gasteiger partial charge >= 0.3 is 0 Å². The molecule has 0 saturated heterocycles. The average molecular weight is 554 g/mol. The molecule has 2 N–H and O–H groups in total.